The van der Waals surface area contributed by atoms with E-state index in [0.717, 1.165) is 37.8 Å². The first kappa shape index (κ1) is 21.9. The lowest BCUT2D eigenvalue weighted by atomic mass is 10.4. The number of rotatable bonds is 14. The molecular formula is C14H32Cl2O3Si2. The van der Waals surface area contributed by atoms with E-state index in [1.54, 1.807) is 0 Å². The lowest BCUT2D eigenvalue weighted by Crippen LogP contribution is -2.52. The van der Waals surface area contributed by atoms with Gasteiger partial charge in [0.05, 0.1) is 0 Å². The van der Waals surface area contributed by atoms with Crippen LogP contribution < -0.4 is 0 Å². The van der Waals surface area contributed by atoms with Gasteiger partial charge in [0.15, 0.2) is 0 Å². The molecule has 2 unspecified atom stereocenters. The molecule has 0 heterocycles. The van der Waals surface area contributed by atoms with Gasteiger partial charge in [-0.15, -0.1) is 23.2 Å². The minimum Gasteiger partial charge on any atom is -0.415 e. The molecule has 0 amide bonds. The Morgan fingerprint density at radius 1 is 0.714 bits per heavy atom. The predicted octanol–water partition coefficient (Wildman–Crippen LogP) is 5.26. The molecule has 0 bridgehead atoms. The van der Waals surface area contributed by atoms with Gasteiger partial charge in [0, 0.05) is 25.0 Å². The van der Waals surface area contributed by atoms with E-state index in [2.05, 4.69) is 13.1 Å². The SMILES string of the molecule is CCO[Si](C)(CCCCCl)O[Si](C)(CCCCCl)OCC. The summed E-state index contributed by atoms with van der Waals surface area (Å²) in [6.07, 6.45) is 4.15. The maximum absolute atomic E-state index is 6.55. The summed E-state index contributed by atoms with van der Waals surface area (Å²) in [6.45, 7) is 9.78. The van der Waals surface area contributed by atoms with Gasteiger partial charge in [-0.1, -0.05) is 12.8 Å². The topological polar surface area (TPSA) is 27.7 Å². The largest absolute Gasteiger partial charge is 0.415 e. The van der Waals surface area contributed by atoms with E-state index in [-0.39, 0.29) is 0 Å². The number of halogens is 2. The van der Waals surface area contributed by atoms with Crippen molar-refractivity contribution in [2.24, 2.45) is 0 Å². The summed E-state index contributed by atoms with van der Waals surface area (Å²) in [4.78, 5) is 0. The fraction of sp³-hybridized carbons (Fsp3) is 1.00. The monoisotopic (exact) mass is 374 g/mol. The zero-order valence-corrected chi connectivity index (χ0v) is 17.6. The van der Waals surface area contributed by atoms with Crippen molar-refractivity contribution in [1.29, 1.82) is 0 Å². The Balaban J connectivity index is 4.68. The molecule has 0 radical (unpaired) electrons. The highest BCUT2D eigenvalue weighted by atomic mass is 35.5. The minimum atomic E-state index is -2.17. The number of alkyl halides is 2. The fourth-order valence-corrected chi connectivity index (χ4v) is 11.1. The summed E-state index contributed by atoms with van der Waals surface area (Å²) in [5.41, 5.74) is 0. The molecule has 0 aromatic rings. The van der Waals surface area contributed by atoms with Crippen molar-refractivity contribution in [1.82, 2.24) is 0 Å². The molecule has 0 aromatic carbocycles. The Morgan fingerprint density at radius 2 is 1.10 bits per heavy atom. The molecule has 2 atom stereocenters. The Kier molecular flexibility index (Phi) is 12.9. The summed E-state index contributed by atoms with van der Waals surface area (Å²) < 4.78 is 18.6. The highest BCUT2D eigenvalue weighted by molar-refractivity contribution is 6.80. The van der Waals surface area contributed by atoms with Gasteiger partial charge in [0.1, 0.15) is 0 Å². The second-order valence-electron chi connectivity index (χ2n) is 5.53. The van der Waals surface area contributed by atoms with Crippen molar-refractivity contribution in [3.8, 4) is 0 Å². The van der Waals surface area contributed by atoms with E-state index < -0.39 is 17.1 Å². The van der Waals surface area contributed by atoms with E-state index in [1.165, 1.54) is 0 Å². The van der Waals surface area contributed by atoms with Crippen LogP contribution in [0.2, 0.25) is 25.2 Å². The van der Waals surface area contributed by atoms with Crippen LogP contribution in [0.15, 0.2) is 0 Å². The maximum atomic E-state index is 6.55. The highest BCUT2D eigenvalue weighted by Crippen LogP contribution is 2.27. The van der Waals surface area contributed by atoms with Crippen molar-refractivity contribution in [3.05, 3.63) is 0 Å². The lowest BCUT2D eigenvalue weighted by molar-refractivity contribution is 0.198. The Labute approximate surface area is 143 Å². The van der Waals surface area contributed by atoms with E-state index in [1.807, 2.05) is 13.8 Å². The third-order valence-electron chi connectivity index (χ3n) is 3.36. The van der Waals surface area contributed by atoms with Crippen LogP contribution >= 0.6 is 23.2 Å². The van der Waals surface area contributed by atoms with Gasteiger partial charge in [-0.2, -0.15) is 0 Å². The third kappa shape index (κ3) is 10.3. The molecule has 0 aliphatic carbocycles. The van der Waals surface area contributed by atoms with E-state index >= 15 is 0 Å². The minimum absolute atomic E-state index is 0.696. The molecule has 0 aromatic heterocycles. The van der Waals surface area contributed by atoms with Crippen LogP contribution in [0.3, 0.4) is 0 Å². The normalized spacial score (nSPS) is 17.4. The molecule has 3 nitrogen and oxygen atoms in total. The number of unbranched alkanes of at least 4 members (excludes halogenated alkanes) is 2. The standard InChI is InChI=1S/C14H32Cl2O3Si2/c1-5-17-20(3,13-9-7-11-15)19-21(4,18-6-2)14-10-8-12-16/h5-14H2,1-4H3. The summed E-state index contributed by atoms with van der Waals surface area (Å²) in [7, 11) is -4.35. The predicted molar refractivity (Wildman–Crippen MR) is 97.1 cm³/mol. The molecule has 7 heteroatoms. The molecule has 0 aliphatic heterocycles. The van der Waals surface area contributed by atoms with Gasteiger partial charge >= 0.3 is 17.1 Å². The summed E-state index contributed by atoms with van der Waals surface area (Å²) in [5.74, 6) is 1.40. The molecule has 0 spiro atoms. The van der Waals surface area contributed by atoms with Gasteiger partial charge in [-0.05, 0) is 51.9 Å². The molecular weight excluding hydrogens is 343 g/mol. The van der Waals surface area contributed by atoms with Gasteiger partial charge in [-0.3, -0.25) is 0 Å². The van der Waals surface area contributed by atoms with E-state index in [4.69, 9.17) is 36.2 Å². The Hall–Kier alpha value is 0.894. The maximum Gasteiger partial charge on any atom is 0.326 e. The fourth-order valence-electron chi connectivity index (χ4n) is 2.45. The quantitative estimate of drug-likeness (QED) is 0.235. The van der Waals surface area contributed by atoms with Crippen molar-refractivity contribution >= 4 is 40.3 Å². The van der Waals surface area contributed by atoms with Crippen molar-refractivity contribution < 1.29 is 13.0 Å². The van der Waals surface area contributed by atoms with Crippen LogP contribution in [-0.2, 0) is 13.0 Å². The van der Waals surface area contributed by atoms with Crippen LogP contribution in [0.25, 0.3) is 0 Å². The molecule has 0 rings (SSSR count). The Morgan fingerprint density at radius 3 is 1.38 bits per heavy atom. The van der Waals surface area contributed by atoms with Crippen LogP contribution in [-0.4, -0.2) is 42.1 Å². The van der Waals surface area contributed by atoms with E-state index in [9.17, 15) is 0 Å². The summed E-state index contributed by atoms with van der Waals surface area (Å²) >= 11 is 11.6. The van der Waals surface area contributed by atoms with Gasteiger partial charge < -0.3 is 13.0 Å². The second-order valence-corrected chi connectivity index (χ2v) is 13.2. The number of hydrogen-bond donors (Lipinski definition) is 0. The first-order valence-electron chi connectivity index (χ1n) is 8.05. The summed E-state index contributed by atoms with van der Waals surface area (Å²) in [5, 5.41) is 0. The van der Waals surface area contributed by atoms with Gasteiger partial charge in [0.25, 0.3) is 0 Å². The molecule has 21 heavy (non-hydrogen) atoms. The Bertz CT molecular complexity index is 238. The first-order valence-corrected chi connectivity index (χ1v) is 14.2. The van der Waals surface area contributed by atoms with E-state index in [0.29, 0.717) is 25.0 Å². The molecule has 0 N–H and O–H groups in total. The van der Waals surface area contributed by atoms with Gasteiger partial charge in [0.2, 0.25) is 0 Å². The van der Waals surface area contributed by atoms with Crippen molar-refractivity contribution in [2.75, 3.05) is 25.0 Å². The summed E-state index contributed by atoms with van der Waals surface area (Å²) in [6, 6.07) is 1.97. The first-order chi connectivity index (χ1) is 9.95. The average molecular weight is 375 g/mol. The van der Waals surface area contributed by atoms with Crippen LogP contribution in [0, 0.1) is 0 Å². The van der Waals surface area contributed by atoms with Crippen LogP contribution in [0.5, 0.6) is 0 Å². The zero-order chi connectivity index (χ0) is 16.2. The van der Waals surface area contributed by atoms with Crippen molar-refractivity contribution in [3.63, 3.8) is 0 Å². The highest BCUT2D eigenvalue weighted by Gasteiger charge is 2.42. The second kappa shape index (κ2) is 12.3. The molecule has 128 valence electrons. The average Bonchev–Trinajstić information content (AvgIpc) is 2.39. The van der Waals surface area contributed by atoms with Gasteiger partial charge in [-0.25, -0.2) is 0 Å². The lowest BCUT2D eigenvalue weighted by Gasteiger charge is -2.37. The third-order valence-corrected chi connectivity index (χ3v) is 11.7. The van der Waals surface area contributed by atoms with Crippen LogP contribution in [0.4, 0.5) is 0 Å². The van der Waals surface area contributed by atoms with Crippen molar-refractivity contribution in [2.45, 2.75) is 64.7 Å². The molecule has 0 saturated carbocycles. The molecule has 0 fully saturated rings. The smallest absolute Gasteiger partial charge is 0.326 e. The molecule has 0 saturated heterocycles. The number of hydrogen-bond acceptors (Lipinski definition) is 3. The molecule has 0 aliphatic rings. The van der Waals surface area contributed by atoms with Crippen LogP contribution in [0.1, 0.15) is 39.5 Å². The zero-order valence-electron chi connectivity index (χ0n) is 14.1.